The van der Waals surface area contributed by atoms with Crippen LogP contribution in [-0.2, 0) is 42.5 Å². The Bertz CT molecular complexity index is 1300. The van der Waals surface area contributed by atoms with E-state index in [9.17, 15) is 32.5 Å². The Kier molecular flexibility index (Phi) is 7.57. The van der Waals surface area contributed by atoms with Gasteiger partial charge in [-0.1, -0.05) is 10.4 Å². The SMILES string of the molecule is CC(C)(O/N=C(\C(=O)NC1C(=O)N(S(=O)(=O)O)[C@@H]1Cc1cn(CCN)nn1)c1csc(N)n1)C(=O)O. The van der Waals surface area contributed by atoms with Crippen molar-refractivity contribution in [2.75, 3.05) is 12.3 Å². The monoisotopic (exact) mass is 545 g/mol. The van der Waals surface area contributed by atoms with Gasteiger partial charge in [-0.05, 0) is 13.8 Å². The molecular weight excluding hydrogens is 522 g/mol. The molecule has 0 bridgehead atoms. The second-order valence-electron chi connectivity index (χ2n) is 8.01. The molecule has 2 amide bonds. The third kappa shape index (κ3) is 5.75. The van der Waals surface area contributed by atoms with Crippen molar-refractivity contribution >= 4 is 50.3 Å². The number of amides is 2. The first-order valence-corrected chi connectivity index (χ1v) is 12.4. The third-order valence-corrected chi connectivity index (χ3v) is 6.55. The maximum absolute atomic E-state index is 13.1. The zero-order valence-electron chi connectivity index (χ0n) is 18.9. The number of carbonyl (C=O) groups is 3. The highest BCUT2D eigenvalue weighted by Gasteiger charge is 2.54. The number of hydrogen-bond donors (Lipinski definition) is 5. The molecule has 0 aliphatic carbocycles. The molecule has 0 aromatic carbocycles. The molecule has 0 saturated carbocycles. The molecule has 196 valence electrons. The van der Waals surface area contributed by atoms with Crippen molar-refractivity contribution in [1.82, 2.24) is 29.6 Å². The number of rotatable bonds is 11. The lowest BCUT2D eigenvalue weighted by Crippen LogP contribution is -2.73. The van der Waals surface area contributed by atoms with Crippen LogP contribution in [-0.4, -0.2) is 90.1 Å². The Morgan fingerprint density at radius 1 is 1.39 bits per heavy atom. The van der Waals surface area contributed by atoms with Crippen LogP contribution in [0.1, 0.15) is 25.2 Å². The highest BCUT2D eigenvalue weighted by atomic mass is 32.2. The van der Waals surface area contributed by atoms with Crippen molar-refractivity contribution in [2.24, 2.45) is 10.9 Å². The summed E-state index contributed by atoms with van der Waals surface area (Å²) in [5.41, 5.74) is 8.93. The number of aliphatic carboxylic acids is 1. The molecular formula is C17H23N9O8S2. The quantitative estimate of drug-likeness (QED) is 0.0854. The van der Waals surface area contributed by atoms with E-state index in [-0.39, 0.29) is 33.8 Å². The number of nitrogens with one attached hydrogen (secondary N) is 1. The molecule has 19 heteroatoms. The average Bonchev–Trinajstić information content (AvgIpc) is 3.39. The number of nitrogen functional groups attached to an aromatic ring is 1. The lowest BCUT2D eigenvalue weighted by Gasteiger charge is -2.43. The molecule has 3 heterocycles. The number of β-lactam (4-membered cyclic amide) rings is 1. The Balaban J connectivity index is 1.88. The number of nitrogens with two attached hydrogens (primary N) is 2. The molecule has 7 N–H and O–H groups in total. The fraction of sp³-hybridized carbons (Fsp3) is 0.471. The summed E-state index contributed by atoms with van der Waals surface area (Å²) >= 11 is 0.961. The van der Waals surface area contributed by atoms with Crippen LogP contribution < -0.4 is 16.8 Å². The Labute approximate surface area is 208 Å². The molecule has 0 radical (unpaired) electrons. The third-order valence-electron chi connectivity index (χ3n) is 4.93. The molecule has 2 aromatic heterocycles. The highest BCUT2D eigenvalue weighted by Crippen LogP contribution is 2.27. The minimum atomic E-state index is -4.95. The molecule has 1 aliphatic heterocycles. The van der Waals surface area contributed by atoms with E-state index in [4.69, 9.17) is 16.3 Å². The van der Waals surface area contributed by atoms with Crippen LogP contribution >= 0.6 is 11.3 Å². The molecule has 2 aromatic rings. The van der Waals surface area contributed by atoms with Crippen LogP contribution in [0.25, 0.3) is 0 Å². The van der Waals surface area contributed by atoms with Crippen LogP contribution in [0.15, 0.2) is 16.7 Å². The van der Waals surface area contributed by atoms with Gasteiger partial charge < -0.3 is 26.7 Å². The maximum atomic E-state index is 13.1. The maximum Gasteiger partial charge on any atom is 0.362 e. The van der Waals surface area contributed by atoms with E-state index < -0.39 is 51.5 Å². The number of nitrogens with zero attached hydrogens (tertiary/aromatic N) is 6. The first kappa shape index (κ1) is 26.9. The molecule has 3 rings (SSSR count). The summed E-state index contributed by atoms with van der Waals surface area (Å²) in [6.07, 6.45) is 1.28. The van der Waals surface area contributed by atoms with Gasteiger partial charge in [-0.2, -0.15) is 8.42 Å². The van der Waals surface area contributed by atoms with E-state index >= 15 is 0 Å². The van der Waals surface area contributed by atoms with E-state index in [1.54, 1.807) is 0 Å². The topological polar surface area (TPSA) is 258 Å². The van der Waals surface area contributed by atoms with E-state index in [1.165, 1.54) is 30.1 Å². The van der Waals surface area contributed by atoms with Crippen LogP contribution in [0.2, 0.25) is 0 Å². The van der Waals surface area contributed by atoms with Gasteiger partial charge in [0.2, 0.25) is 5.60 Å². The largest absolute Gasteiger partial charge is 0.478 e. The van der Waals surface area contributed by atoms with Gasteiger partial charge in [-0.25, -0.2) is 14.1 Å². The van der Waals surface area contributed by atoms with Crippen molar-refractivity contribution in [3.8, 4) is 0 Å². The van der Waals surface area contributed by atoms with Gasteiger partial charge in [0.1, 0.15) is 11.7 Å². The summed E-state index contributed by atoms with van der Waals surface area (Å²) in [6.45, 7) is 2.99. The van der Waals surface area contributed by atoms with Crippen molar-refractivity contribution in [1.29, 1.82) is 0 Å². The predicted octanol–water partition coefficient (Wildman–Crippen LogP) is -2.40. The number of aromatic nitrogens is 4. The summed E-state index contributed by atoms with van der Waals surface area (Å²) in [4.78, 5) is 45.9. The van der Waals surface area contributed by atoms with E-state index in [0.29, 0.717) is 6.54 Å². The Hall–Kier alpha value is -3.68. The lowest BCUT2D eigenvalue weighted by molar-refractivity contribution is -0.161. The number of thiazole rings is 1. The fourth-order valence-electron chi connectivity index (χ4n) is 3.06. The first-order valence-electron chi connectivity index (χ1n) is 10.2. The minimum absolute atomic E-state index is 0.0682. The molecule has 0 spiro atoms. The summed E-state index contributed by atoms with van der Waals surface area (Å²) in [5.74, 6) is -3.52. The van der Waals surface area contributed by atoms with Crippen molar-refractivity contribution in [3.63, 3.8) is 0 Å². The van der Waals surface area contributed by atoms with Gasteiger partial charge in [0.15, 0.2) is 10.8 Å². The van der Waals surface area contributed by atoms with Gasteiger partial charge in [-0.3, -0.25) is 18.8 Å². The molecule has 17 nitrogen and oxygen atoms in total. The summed E-state index contributed by atoms with van der Waals surface area (Å²) in [6, 6.07) is -2.68. The number of carboxylic acids is 1. The highest BCUT2D eigenvalue weighted by molar-refractivity contribution is 7.84. The van der Waals surface area contributed by atoms with Gasteiger partial charge >= 0.3 is 16.3 Å². The zero-order valence-corrected chi connectivity index (χ0v) is 20.6. The van der Waals surface area contributed by atoms with Crippen molar-refractivity contribution < 1.29 is 37.3 Å². The Morgan fingerprint density at radius 2 is 2.08 bits per heavy atom. The summed E-state index contributed by atoms with van der Waals surface area (Å²) < 4.78 is 34.6. The average molecular weight is 546 g/mol. The van der Waals surface area contributed by atoms with Crippen LogP contribution in [0.3, 0.4) is 0 Å². The van der Waals surface area contributed by atoms with Crippen LogP contribution in [0.4, 0.5) is 5.13 Å². The number of carbonyl (C=O) groups excluding carboxylic acids is 2. The number of carboxylic acid groups (broad SMARTS) is 1. The number of anilines is 1. The van der Waals surface area contributed by atoms with Crippen LogP contribution in [0, 0.1) is 0 Å². The van der Waals surface area contributed by atoms with E-state index in [2.05, 4.69) is 25.8 Å². The first-order chi connectivity index (χ1) is 16.7. The van der Waals surface area contributed by atoms with Gasteiger partial charge in [0.25, 0.3) is 11.8 Å². The molecule has 1 fully saturated rings. The Morgan fingerprint density at radius 3 is 2.64 bits per heavy atom. The van der Waals surface area contributed by atoms with E-state index in [0.717, 1.165) is 11.3 Å². The normalized spacial score (nSPS) is 18.6. The fourth-order valence-corrected chi connectivity index (χ4v) is 4.49. The van der Waals surface area contributed by atoms with Crippen LogP contribution in [0.5, 0.6) is 0 Å². The summed E-state index contributed by atoms with van der Waals surface area (Å²) in [5, 5.41) is 24.3. The second kappa shape index (κ2) is 10.1. The lowest BCUT2D eigenvalue weighted by atomic mass is 9.94. The molecule has 1 saturated heterocycles. The van der Waals surface area contributed by atoms with Crippen molar-refractivity contribution in [2.45, 2.75) is 44.5 Å². The second-order valence-corrected chi connectivity index (χ2v) is 10.2. The smallest absolute Gasteiger partial charge is 0.362 e. The molecule has 1 unspecified atom stereocenters. The zero-order chi connectivity index (χ0) is 26.8. The van der Waals surface area contributed by atoms with Gasteiger partial charge in [-0.15, -0.1) is 16.4 Å². The predicted molar refractivity (Wildman–Crippen MR) is 123 cm³/mol. The molecule has 36 heavy (non-hydrogen) atoms. The summed E-state index contributed by atoms with van der Waals surface area (Å²) in [7, 11) is -4.95. The molecule has 1 aliphatic rings. The number of oxime groups is 1. The standard InChI is InChI=1S/C17H23N9O8S2/c1-17(2,15(29)30)34-23-11(9-7-35-16(19)20-9)13(27)21-12-10(26(14(12)28)36(31,32)33)5-8-6-25(4-3-18)24-22-8/h6-7,10,12H,3-5,18H2,1-2H3,(H2,19,20)(H,21,27)(H,29,30)(H,31,32,33)/b23-11-/t10-,12?/m1/s1. The van der Waals surface area contributed by atoms with Gasteiger partial charge in [0, 0.05) is 24.5 Å². The van der Waals surface area contributed by atoms with Gasteiger partial charge in [0.05, 0.1) is 18.3 Å². The van der Waals surface area contributed by atoms with E-state index in [1.807, 2.05) is 0 Å². The molecule has 2 atom stereocenters. The van der Waals surface area contributed by atoms with Crippen molar-refractivity contribution in [3.05, 3.63) is 23.0 Å². The number of hydrogen-bond acceptors (Lipinski definition) is 13. The minimum Gasteiger partial charge on any atom is -0.478 e.